The van der Waals surface area contributed by atoms with Crippen molar-refractivity contribution in [3.05, 3.63) is 48.0 Å². The number of nitrogens with one attached hydrogen (secondary N) is 1. The molecular weight excluding hydrogens is 452 g/mol. The minimum atomic E-state index is -0.145. The zero-order chi connectivity index (χ0) is 24.1. The first-order valence-electron chi connectivity index (χ1n) is 11.3. The first kappa shape index (κ1) is 23.9. The number of ether oxygens (including phenoxy) is 3. The van der Waals surface area contributed by atoms with Crippen molar-refractivity contribution >= 4 is 17.7 Å². The van der Waals surface area contributed by atoms with Crippen molar-refractivity contribution in [2.45, 2.75) is 31.5 Å². The Hall–Kier alpha value is -3.20. The fourth-order valence-electron chi connectivity index (χ4n) is 3.86. The molecule has 1 atom stereocenters. The molecule has 1 aromatic heterocycles. The van der Waals surface area contributed by atoms with Gasteiger partial charge in [-0.1, -0.05) is 43.8 Å². The molecule has 180 valence electrons. The van der Waals surface area contributed by atoms with E-state index in [0.717, 1.165) is 34.8 Å². The second kappa shape index (κ2) is 10.8. The van der Waals surface area contributed by atoms with Crippen LogP contribution in [0.4, 0.5) is 0 Å². The van der Waals surface area contributed by atoms with E-state index in [0.29, 0.717) is 24.2 Å². The molecule has 1 aliphatic rings. The summed E-state index contributed by atoms with van der Waals surface area (Å²) in [5.74, 6) is 3.25. The van der Waals surface area contributed by atoms with Crippen molar-refractivity contribution in [1.82, 2.24) is 20.1 Å². The van der Waals surface area contributed by atoms with E-state index in [4.69, 9.17) is 14.2 Å². The van der Waals surface area contributed by atoms with E-state index in [2.05, 4.69) is 29.4 Å². The van der Waals surface area contributed by atoms with Gasteiger partial charge in [-0.05, 0) is 35.7 Å². The monoisotopic (exact) mass is 482 g/mol. The van der Waals surface area contributed by atoms with E-state index in [1.54, 1.807) is 7.11 Å². The molecule has 1 amide bonds. The fraction of sp³-hybridized carbons (Fsp3) is 0.400. The third-order valence-electron chi connectivity index (χ3n) is 5.63. The zero-order valence-corrected chi connectivity index (χ0v) is 20.7. The predicted octanol–water partition coefficient (Wildman–Crippen LogP) is 4.26. The third-order valence-corrected chi connectivity index (χ3v) is 6.65. The molecular formula is C25H30N4O4S. The van der Waals surface area contributed by atoms with Gasteiger partial charge in [0.2, 0.25) is 5.91 Å². The van der Waals surface area contributed by atoms with Crippen molar-refractivity contribution in [1.29, 1.82) is 0 Å². The van der Waals surface area contributed by atoms with Crippen LogP contribution >= 0.6 is 11.8 Å². The van der Waals surface area contributed by atoms with Gasteiger partial charge in [-0.3, -0.25) is 4.79 Å². The molecule has 34 heavy (non-hydrogen) atoms. The maximum atomic E-state index is 12.9. The SMILES string of the molecule is COc1ccccc1-c1nnc(SCC(=O)NC(c2ccc3c(c2)OCCCO3)C(C)C)n1C. The molecule has 0 saturated carbocycles. The largest absolute Gasteiger partial charge is 0.496 e. The van der Waals surface area contributed by atoms with Crippen LogP contribution in [0.3, 0.4) is 0 Å². The molecule has 2 heterocycles. The molecule has 8 nitrogen and oxygen atoms in total. The molecule has 1 aliphatic heterocycles. The van der Waals surface area contributed by atoms with Gasteiger partial charge in [0, 0.05) is 13.5 Å². The molecule has 2 aromatic carbocycles. The van der Waals surface area contributed by atoms with Gasteiger partial charge in [0.15, 0.2) is 22.5 Å². The van der Waals surface area contributed by atoms with Crippen LogP contribution in [0.1, 0.15) is 31.9 Å². The fourth-order valence-corrected chi connectivity index (χ4v) is 4.58. The molecule has 4 rings (SSSR count). The second-order valence-corrected chi connectivity index (χ2v) is 9.34. The Morgan fingerprint density at radius 1 is 1.15 bits per heavy atom. The van der Waals surface area contributed by atoms with Crippen molar-refractivity contribution in [2.24, 2.45) is 13.0 Å². The number of hydrogen-bond acceptors (Lipinski definition) is 7. The smallest absolute Gasteiger partial charge is 0.230 e. The Balaban J connectivity index is 1.43. The number of fused-ring (bicyclic) bond motifs is 1. The highest BCUT2D eigenvalue weighted by molar-refractivity contribution is 7.99. The quantitative estimate of drug-likeness (QED) is 0.480. The lowest BCUT2D eigenvalue weighted by Gasteiger charge is -2.24. The van der Waals surface area contributed by atoms with E-state index in [-0.39, 0.29) is 23.6 Å². The topological polar surface area (TPSA) is 87.5 Å². The second-order valence-electron chi connectivity index (χ2n) is 8.40. The lowest BCUT2D eigenvalue weighted by Crippen LogP contribution is -2.33. The molecule has 0 spiro atoms. The van der Waals surface area contributed by atoms with E-state index in [1.807, 2.05) is 54.1 Å². The van der Waals surface area contributed by atoms with Gasteiger partial charge >= 0.3 is 0 Å². The van der Waals surface area contributed by atoms with Crippen LogP contribution in [-0.4, -0.2) is 46.7 Å². The molecule has 0 saturated heterocycles. The first-order valence-corrected chi connectivity index (χ1v) is 12.3. The molecule has 0 fully saturated rings. The average Bonchev–Trinajstić information content (AvgIpc) is 3.04. The number of rotatable bonds is 8. The lowest BCUT2D eigenvalue weighted by molar-refractivity contribution is -0.119. The summed E-state index contributed by atoms with van der Waals surface area (Å²) >= 11 is 1.35. The Morgan fingerprint density at radius 3 is 2.68 bits per heavy atom. The van der Waals surface area contributed by atoms with E-state index >= 15 is 0 Å². The van der Waals surface area contributed by atoms with Crippen LogP contribution in [0.2, 0.25) is 0 Å². The number of para-hydroxylation sites is 1. The van der Waals surface area contributed by atoms with Crippen LogP contribution in [0.25, 0.3) is 11.4 Å². The zero-order valence-electron chi connectivity index (χ0n) is 19.9. The van der Waals surface area contributed by atoms with Gasteiger partial charge in [0.1, 0.15) is 5.75 Å². The number of benzene rings is 2. The van der Waals surface area contributed by atoms with Crippen LogP contribution in [0.5, 0.6) is 17.2 Å². The number of aromatic nitrogens is 3. The Kier molecular flexibility index (Phi) is 7.62. The van der Waals surface area contributed by atoms with Gasteiger partial charge in [-0.2, -0.15) is 0 Å². The van der Waals surface area contributed by atoms with Gasteiger partial charge in [0.05, 0.1) is 37.7 Å². The molecule has 3 aromatic rings. The maximum absolute atomic E-state index is 12.9. The predicted molar refractivity (Wildman–Crippen MR) is 131 cm³/mol. The number of carbonyl (C=O) groups is 1. The van der Waals surface area contributed by atoms with Gasteiger partial charge in [-0.15, -0.1) is 10.2 Å². The summed E-state index contributed by atoms with van der Waals surface area (Å²) < 4.78 is 18.9. The number of thioether (sulfide) groups is 1. The van der Waals surface area contributed by atoms with Crippen molar-refractivity contribution < 1.29 is 19.0 Å². The summed E-state index contributed by atoms with van der Waals surface area (Å²) in [4.78, 5) is 12.9. The molecule has 0 aliphatic carbocycles. The first-order chi connectivity index (χ1) is 16.5. The third kappa shape index (κ3) is 5.30. The number of amides is 1. The Labute approximate surface area is 204 Å². The summed E-state index contributed by atoms with van der Waals surface area (Å²) in [5.41, 5.74) is 1.85. The number of hydrogen-bond donors (Lipinski definition) is 1. The van der Waals surface area contributed by atoms with Crippen LogP contribution in [0.15, 0.2) is 47.6 Å². The lowest BCUT2D eigenvalue weighted by atomic mass is 9.95. The van der Waals surface area contributed by atoms with Crippen molar-refractivity contribution in [3.8, 4) is 28.6 Å². The maximum Gasteiger partial charge on any atom is 0.230 e. The van der Waals surface area contributed by atoms with Crippen LogP contribution in [0, 0.1) is 5.92 Å². The summed E-state index contributed by atoms with van der Waals surface area (Å²) in [7, 11) is 3.51. The standard InChI is InChI=1S/C25H30N4O4S/c1-16(2)23(17-10-11-20-21(14-17)33-13-7-12-32-20)26-22(30)15-34-25-28-27-24(29(25)3)18-8-5-6-9-19(18)31-4/h5-6,8-11,14,16,23H,7,12-13,15H2,1-4H3,(H,26,30). The van der Waals surface area contributed by atoms with E-state index in [1.165, 1.54) is 11.8 Å². The Morgan fingerprint density at radius 2 is 1.91 bits per heavy atom. The summed E-state index contributed by atoms with van der Waals surface area (Å²) in [6.45, 7) is 5.45. The Bertz CT molecular complexity index is 1150. The highest BCUT2D eigenvalue weighted by Crippen LogP contribution is 2.34. The molecule has 9 heteroatoms. The van der Waals surface area contributed by atoms with Gasteiger partial charge < -0.3 is 24.1 Å². The number of carbonyl (C=O) groups excluding carboxylic acids is 1. The highest BCUT2D eigenvalue weighted by Gasteiger charge is 2.22. The van der Waals surface area contributed by atoms with Crippen molar-refractivity contribution in [3.63, 3.8) is 0 Å². The van der Waals surface area contributed by atoms with Gasteiger partial charge in [-0.25, -0.2) is 0 Å². The van der Waals surface area contributed by atoms with Crippen molar-refractivity contribution in [2.75, 3.05) is 26.1 Å². The summed E-state index contributed by atoms with van der Waals surface area (Å²) in [6.07, 6.45) is 0.854. The van der Waals surface area contributed by atoms with Gasteiger partial charge in [0.25, 0.3) is 0 Å². The minimum absolute atomic E-state index is 0.0716. The summed E-state index contributed by atoms with van der Waals surface area (Å²) in [6, 6.07) is 13.4. The minimum Gasteiger partial charge on any atom is -0.496 e. The molecule has 0 radical (unpaired) electrons. The highest BCUT2D eigenvalue weighted by atomic mass is 32.2. The summed E-state index contributed by atoms with van der Waals surface area (Å²) in [5, 5.41) is 12.4. The molecule has 0 bridgehead atoms. The van der Waals surface area contributed by atoms with E-state index in [9.17, 15) is 4.79 Å². The molecule has 1 N–H and O–H groups in total. The average molecular weight is 483 g/mol. The number of nitrogens with zero attached hydrogens (tertiary/aromatic N) is 3. The number of methoxy groups -OCH3 is 1. The van der Waals surface area contributed by atoms with E-state index < -0.39 is 0 Å². The van der Waals surface area contributed by atoms with Crippen LogP contribution in [-0.2, 0) is 11.8 Å². The van der Waals surface area contributed by atoms with Crippen LogP contribution < -0.4 is 19.5 Å². The molecule has 1 unspecified atom stereocenters. The normalized spacial score (nSPS) is 13.9.